The highest BCUT2D eigenvalue weighted by Gasteiger charge is 2.02. The largest absolute Gasteiger partial charge is 0.248 e. The zero-order valence-electron chi connectivity index (χ0n) is 5.87. The second kappa shape index (κ2) is 2.91. The number of pyridine rings is 1. The molecule has 1 heterocycles. The molecule has 1 aromatic rings. The van der Waals surface area contributed by atoms with Crippen LogP contribution in [0.15, 0.2) is 27.8 Å². The Kier molecular flexibility index (Phi) is 2.29. The predicted molar refractivity (Wildman–Crippen MR) is 47.0 cm³/mol. The summed E-state index contributed by atoms with van der Waals surface area (Å²) in [4.78, 5) is 3.84. The SMILES string of the molecule is CS(=N)(=O)c1ccc(Br)cn1. The summed E-state index contributed by atoms with van der Waals surface area (Å²) in [7, 11) is -2.65. The highest BCUT2D eigenvalue weighted by molar-refractivity contribution is 9.10. The topological polar surface area (TPSA) is 53.8 Å². The van der Waals surface area contributed by atoms with Crippen LogP contribution in [-0.4, -0.2) is 15.4 Å². The number of hydrogen-bond donors (Lipinski definition) is 1. The van der Waals surface area contributed by atoms with Crippen LogP contribution in [0.3, 0.4) is 0 Å². The summed E-state index contributed by atoms with van der Waals surface area (Å²) < 4.78 is 19.1. The van der Waals surface area contributed by atoms with Gasteiger partial charge >= 0.3 is 0 Å². The molecule has 0 aliphatic heterocycles. The minimum absolute atomic E-state index is 0.320. The van der Waals surface area contributed by atoms with Crippen molar-refractivity contribution in [2.24, 2.45) is 0 Å². The van der Waals surface area contributed by atoms with Gasteiger partial charge in [-0.3, -0.25) is 0 Å². The molecule has 11 heavy (non-hydrogen) atoms. The monoisotopic (exact) mass is 234 g/mol. The molecular formula is C6H7BrN2OS. The Morgan fingerprint density at radius 3 is 2.64 bits per heavy atom. The number of nitrogens with zero attached hydrogens (tertiary/aromatic N) is 1. The van der Waals surface area contributed by atoms with Gasteiger partial charge in [0.2, 0.25) is 0 Å². The van der Waals surface area contributed by atoms with Crippen LogP contribution < -0.4 is 0 Å². The van der Waals surface area contributed by atoms with Crippen LogP contribution in [0.5, 0.6) is 0 Å². The number of rotatable bonds is 1. The van der Waals surface area contributed by atoms with Crippen LogP contribution in [0.1, 0.15) is 0 Å². The van der Waals surface area contributed by atoms with Gasteiger partial charge in [0.15, 0.2) is 0 Å². The summed E-state index contributed by atoms with van der Waals surface area (Å²) in [6.45, 7) is 0. The molecule has 0 fully saturated rings. The zero-order valence-corrected chi connectivity index (χ0v) is 8.28. The van der Waals surface area contributed by atoms with Crippen LogP contribution in [-0.2, 0) is 9.73 Å². The molecule has 0 bridgehead atoms. The second-order valence-electron chi connectivity index (χ2n) is 2.16. The summed E-state index contributed by atoms with van der Waals surface area (Å²) in [5.41, 5.74) is 0. The molecule has 0 aliphatic carbocycles. The van der Waals surface area contributed by atoms with E-state index in [-0.39, 0.29) is 0 Å². The molecule has 5 heteroatoms. The quantitative estimate of drug-likeness (QED) is 0.807. The molecule has 1 aromatic heterocycles. The maximum absolute atomic E-state index is 11.1. The van der Waals surface area contributed by atoms with Crippen molar-refractivity contribution < 1.29 is 4.21 Å². The Balaban J connectivity index is 3.20. The van der Waals surface area contributed by atoms with E-state index < -0.39 is 9.73 Å². The van der Waals surface area contributed by atoms with Crippen molar-refractivity contribution >= 4 is 25.7 Å². The van der Waals surface area contributed by atoms with Gasteiger partial charge in [-0.05, 0) is 28.1 Å². The normalized spacial score (nSPS) is 15.8. The molecule has 1 rings (SSSR count). The summed E-state index contributed by atoms with van der Waals surface area (Å²) in [6.07, 6.45) is 2.89. The number of hydrogen-bond acceptors (Lipinski definition) is 3. The van der Waals surface area contributed by atoms with E-state index in [9.17, 15) is 4.21 Å². The lowest BCUT2D eigenvalue weighted by Crippen LogP contribution is -1.97. The first-order chi connectivity index (χ1) is 5.00. The first-order valence-corrected chi connectivity index (χ1v) is 5.61. The molecule has 0 saturated heterocycles. The van der Waals surface area contributed by atoms with Crippen molar-refractivity contribution in [3.05, 3.63) is 22.8 Å². The minimum atomic E-state index is -2.65. The maximum atomic E-state index is 11.1. The van der Waals surface area contributed by atoms with Crippen molar-refractivity contribution in [2.45, 2.75) is 5.03 Å². The van der Waals surface area contributed by atoms with E-state index in [4.69, 9.17) is 4.78 Å². The third kappa shape index (κ3) is 2.27. The fourth-order valence-corrected chi connectivity index (χ4v) is 1.41. The number of nitrogens with one attached hydrogen (secondary N) is 1. The Morgan fingerprint density at radius 2 is 2.27 bits per heavy atom. The van der Waals surface area contributed by atoms with Gasteiger partial charge in [0.05, 0.1) is 9.73 Å². The lowest BCUT2D eigenvalue weighted by atomic mass is 10.5. The molecule has 1 unspecified atom stereocenters. The Morgan fingerprint density at radius 1 is 1.64 bits per heavy atom. The van der Waals surface area contributed by atoms with Crippen LogP contribution in [0, 0.1) is 4.78 Å². The van der Waals surface area contributed by atoms with E-state index in [0.29, 0.717) is 5.03 Å². The minimum Gasteiger partial charge on any atom is -0.248 e. The standard InChI is InChI=1S/C6H7BrN2OS/c1-11(8,10)6-3-2-5(7)4-9-6/h2-4,8H,1H3. The van der Waals surface area contributed by atoms with Gasteiger partial charge in [0.25, 0.3) is 0 Å². The molecule has 0 amide bonds. The molecule has 0 aliphatic rings. The molecule has 1 N–H and O–H groups in total. The summed E-state index contributed by atoms with van der Waals surface area (Å²) in [5, 5.41) is 0.320. The van der Waals surface area contributed by atoms with Crippen LogP contribution in [0.2, 0.25) is 0 Å². The highest BCUT2D eigenvalue weighted by Crippen LogP contribution is 2.10. The van der Waals surface area contributed by atoms with E-state index in [0.717, 1.165) is 4.47 Å². The van der Waals surface area contributed by atoms with E-state index in [1.54, 1.807) is 12.1 Å². The Hall–Kier alpha value is -0.420. The van der Waals surface area contributed by atoms with Gasteiger partial charge in [-0.1, -0.05) is 0 Å². The van der Waals surface area contributed by atoms with Gasteiger partial charge in [-0.15, -0.1) is 0 Å². The van der Waals surface area contributed by atoms with Gasteiger partial charge in [0.1, 0.15) is 5.03 Å². The van der Waals surface area contributed by atoms with Crippen molar-refractivity contribution in [2.75, 3.05) is 6.26 Å². The molecule has 0 radical (unpaired) electrons. The van der Waals surface area contributed by atoms with Crippen LogP contribution >= 0.6 is 15.9 Å². The molecular weight excluding hydrogens is 228 g/mol. The average Bonchev–Trinajstić information content (AvgIpc) is 1.86. The van der Waals surface area contributed by atoms with Crippen LogP contribution in [0.25, 0.3) is 0 Å². The summed E-state index contributed by atoms with van der Waals surface area (Å²) in [5.74, 6) is 0. The number of halogens is 1. The Labute approximate surface area is 74.0 Å². The van der Waals surface area contributed by atoms with Crippen molar-refractivity contribution in [1.29, 1.82) is 4.78 Å². The summed E-state index contributed by atoms with van der Waals surface area (Å²) >= 11 is 3.20. The van der Waals surface area contributed by atoms with Gasteiger partial charge in [-0.2, -0.15) is 0 Å². The molecule has 60 valence electrons. The maximum Gasteiger partial charge on any atom is 0.135 e. The zero-order chi connectivity index (χ0) is 8.48. The third-order valence-corrected chi connectivity index (χ3v) is 2.61. The summed E-state index contributed by atoms with van der Waals surface area (Å²) in [6, 6.07) is 3.30. The van der Waals surface area contributed by atoms with E-state index in [2.05, 4.69) is 20.9 Å². The fourth-order valence-electron chi connectivity index (χ4n) is 0.593. The lowest BCUT2D eigenvalue weighted by molar-refractivity contribution is 0.676. The van der Waals surface area contributed by atoms with Crippen LogP contribution in [0.4, 0.5) is 0 Å². The van der Waals surface area contributed by atoms with E-state index in [1.165, 1.54) is 12.5 Å². The molecule has 3 nitrogen and oxygen atoms in total. The van der Waals surface area contributed by atoms with E-state index in [1.807, 2.05) is 0 Å². The van der Waals surface area contributed by atoms with Gasteiger partial charge < -0.3 is 0 Å². The smallest absolute Gasteiger partial charge is 0.135 e. The number of aromatic nitrogens is 1. The Bertz CT molecular complexity index is 343. The molecule has 0 spiro atoms. The molecule has 0 saturated carbocycles. The molecule has 0 aromatic carbocycles. The lowest BCUT2D eigenvalue weighted by Gasteiger charge is -1.97. The van der Waals surface area contributed by atoms with Gasteiger partial charge in [-0.25, -0.2) is 14.0 Å². The first kappa shape index (κ1) is 8.67. The highest BCUT2D eigenvalue weighted by atomic mass is 79.9. The third-order valence-electron chi connectivity index (χ3n) is 1.10. The van der Waals surface area contributed by atoms with Crippen molar-refractivity contribution in [1.82, 2.24) is 4.98 Å². The van der Waals surface area contributed by atoms with Crippen molar-refractivity contribution in [3.8, 4) is 0 Å². The fraction of sp³-hybridized carbons (Fsp3) is 0.167. The average molecular weight is 235 g/mol. The predicted octanol–water partition coefficient (Wildman–Crippen LogP) is 1.88. The molecule has 1 atom stereocenters. The van der Waals surface area contributed by atoms with Crippen molar-refractivity contribution in [3.63, 3.8) is 0 Å². The van der Waals surface area contributed by atoms with E-state index >= 15 is 0 Å². The first-order valence-electron chi connectivity index (χ1n) is 2.85. The van der Waals surface area contributed by atoms with Gasteiger partial charge in [0, 0.05) is 16.9 Å². The second-order valence-corrected chi connectivity index (χ2v) is 5.18.